The van der Waals surface area contributed by atoms with Crippen molar-refractivity contribution in [2.24, 2.45) is 5.73 Å². The van der Waals surface area contributed by atoms with Crippen molar-refractivity contribution in [2.75, 3.05) is 0 Å². The van der Waals surface area contributed by atoms with Crippen molar-refractivity contribution < 1.29 is 36.2 Å². The molecule has 0 saturated carbocycles. The van der Waals surface area contributed by atoms with Gasteiger partial charge in [-0.05, 0) is 17.7 Å². The number of carbonyl (C=O) groups excluding carboxylic acids is 1. The molecule has 0 saturated heterocycles. The smallest absolute Gasteiger partial charge is 0.456 e. The van der Waals surface area contributed by atoms with E-state index < -0.39 is 41.1 Å². The van der Waals surface area contributed by atoms with Crippen molar-refractivity contribution in [2.45, 2.75) is 18.3 Å². The summed E-state index contributed by atoms with van der Waals surface area (Å²) in [6, 6.07) is 1.46. The van der Waals surface area contributed by atoms with Crippen LogP contribution in [0.1, 0.15) is 22.1 Å². The van der Waals surface area contributed by atoms with Crippen LogP contribution in [-0.4, -0.2) is 23.1 Å². The number of phenols is 1. The molecule has 1 aromatic carbocycles. The third-order valence-corrected chi connectivity index (χ3v) is 2.27. The summed E-state index contributed by atoms with van der Waals surface area (Å²) < 4.78 is 74.7. The summed E-state index contributed by atoms with van der Waals surface area (Å²) in [5.41, 5.74) is 2.88. The molecule has 1 aromatic rings. The van der Waals surface area contributed by atoms with Gasteiger partial charge in [-0.1, -0.05) is 6.07 Å². The number of aromatic hydroxyl groups is 1. The number of hydrogen-bond acceptors (Lipinski definition) is 2. The zero-order valence-corrected chi connectivity index (χ0v) is 9.01. The van der Waals surface area contributed by atoms with Gasteiger partial charge in [-0.15, -0.1) is 0 Å². The summed E-state index contributed by atoms with van der Waals surface area (Å²) in [7, 11) is 0. The molecule has 0 bridgehead atoms. The van der Waals surface area contributed by atoms with Gasteiger partial charge in [0.2, 0.25) is 0 Å². The first-order valence-corrected chi connectivity index (χ1v) is 4.69. The maximum atomic E-state index is 13.3. The second-order valence-corrected chi connectivity index (χ2v) is 3.62. The zero-order chi connectivity index (χ0) is 15.0. The predicted molar refractivity (Wildman–Crippen MR) is 51.5 cm³/mol. The minimum absolute atomic E-state index is 0.349. The van der Waals surface area contributed by atoms with Crippen LogP contribution in [0.5, 0.6) is 5.75 Å². The molecule has 1 atom stereocenters. The fraction of sp³-hybridized carbons (Fsp3) is 0.300. The van der Waals surface area contributed by atoms with Gasteiger partial charge < -0.3 is 10.8 Å². The van der Waals surface area contributed by atoms with E-state index in [-0.39, 0.29) is 0 Å². The molecule has 0 aliphatic heterocycles. The Bertz CT molecular complexity index is 499. The second kappa shape index (κ2) is 4.63. The number of carbonyl (C=O) groups is 1. The Labute approximate surface area is 102 Å². The monoisotopic (exact) mass is 287 g/mol. The van der Waals surface area contributed by atoms with Crippen LogP contribution in [0.3, 0.4) is 0 Å². The quantitative estimate of drug-likeness (QED) is 0.839. The molecular formula is C10H7F6NO2. The van der Waals surface area contributed by atoms with Crippen molar-refractivity contribution in [3.05, 3.63) is 29.3 Å². The maximum Gasteiger partial charge on any atom is 0.456 e. The van der Waals surface area contributed by atoms with Crippen LogP contribution in [0.15, 0.2) is 18.2 Å². The number of nitrogens with two attached hydrogens (primary N) is 1. The molecule has 0 spiro atoms. The lowest BCUT2D eigenvalue weighted by molar-refractivity contribution is -0.305. The third kappa shape index (κ3) is 2.74. The number of benzene rings is 1. The minimum Gasteiger partial charge on any atom is -0.507 e. The molecule has 0 heterocycles. The first kappa shape index (κ1) is 15.1. The SMILES string of the molecule is NC(=O)c1cc(C(F)C(F)(F)C(F)(F)F)ccc1O. The second-order valence-electron chi connectivity index (χ2n) is 3.62. The minimum atomic E-state index is -6.09. The molecule has 0 fully saturated rings. The molecule has 0 aromatic heterocycles. The Morgan fingerprint density at radius 1 is 1.21 bits per heavy atom. The number of amides is 1. The highest BCUT2D eigenvalue weighted by Gasteiger charge is 2.63. The van der Waals surface area contributed by atoms with E-state index in [1.165, 1.54) is 0 Å². The number of hydrogen-bond donors (Lipinski definition) is 2. The van der Waals surface area contributed by atoms with Gasteiger partial charge in [0.1, 0.15) is 5.75 Å². The van der Waals surface area contributed by atoms with Crippen molar-refractivity contribution >= 4 is 5.91 Å². The average molecular weight is 287 g/mol. The van der Waals surface area contributed by atoms with Crippen molar-refractivity contribution in [3.8, 4) is 5.75 Å². The largest absolute Gasteiger partial charge is 0.507 e. The molecule has 3 N–H and O–H groups in total. The average Bonchev–Trinajstić information content (AvgIpc) is 2.26. The van der Waals surface area contributed by atoms with Gasteiger partial charge in [-0.3, -0.25) is 4.79 Å². The molecule has 9 heteroatoms. The molecule has 1 rings (SSSR count). The lowest BCUT2D eigenvalue weighted by atomic mass is 10.0. The van der Waals surface area contributed by atoms with Gasteiger partial charge in [0.15, 0.2) is 6.17 Å². The van der Waals surface area contributed by atoms with Crippen LogP contribution >= 0.6 is 0 Å². The third-order valence-electron chi connectivity index (χ3n) is 2.27. The van der Waals surface area contributed by atoms with Gasteiger partial charge in [-0.2, -0.15) is 22.0 Å². The maximum absolute atomic E-state index is 13.3. The van der Waals surface area contributed by atoms with Crippen LogP contribution in [-0.2, 0) is 0 Å². The Morgan fingerprint density at radius 3 is 2.16 bits per heavy atom. The fourth-order valence-electron chi connectivity index (χ4n) is 1.26. The topological polar surface area (TPSA) is 63.3 Å². The molecule has 0 aliphatic carbocycles. The Balaban J connectivity index is 3.25. The first-order chi connectivity index (χ1) is 8.48. The normalized spacial score (nSPS) is 14.2. The van der Waals surface area contributed by atoms with E-state index in [9.17, 15) is 31.1 Å². The van der Waals surface area contributed by atoms with Crippen molar-refractivity contribution in [1.82, 2.24) is 0 Å². The highest BCUT2D eigenvalue weighted by molar-refractivity contribution is 5.95. The summed E-state index contributed by atoms with van der Waals surface area (Å²) in [4.78, 5) is 10.8. The molecule has 19 heavy (non-hydrogen) atoms. The standard InChI is InChI=1S/C10H7F6NO2/c11-7(9(12,13)10(14,15)16)4-1-2-6(18)5(3-4)8(17)19/h1-3,7,18H,(H2,17,19). The van der Waals surface area contributed by atoms with Gasteiger partial charge in [0, 0.05) is 0 Å². The van der Waals surface area contributed by atoms with Crippen molar-refractivity contribution in [3.63, 3.8) is 0 Å². The Kier molecular flexibility index (Phi) is 3.69. The number of primary amides is 1. The molecular weight excluding hydrogens is 280 g/mol. The molecule has 1 amide bonds. The molecule has 0 radical (unpaired) electrons. The Hall–Kier alpha value is -1.93. The van der Waals surface area contributed by atoms with Gasteiger partial charge >= 0.3 is 12.1 Å². The summed E-state index contributed by atoms with van der Waals surface area (Å²) >= 11 is 0. The van der Waals surface area contributed by atoms with E-state index in [1.54, 1.807) is 0 Å². The lowest BCUT2D eigenvalue weighted by Gasteiger charge is -2.23. The molecule has 106 valence electrons. The van der Waals surface area contributed by atoms with E-state index >= 15 is 0 Å². The lowest BCUT2D eigenvalue weighted by Crippen LogP contribution is -2.40. The first-order valence-electron chi connectivity index (χ1n) is 4.69. The summed E-state index contributed by atoms with van der Waals surface area (Å²) in [6.07, 6.45) is -9.80. The number of rotatable bonds is 3. The van der Waals surface area contributed by atoms with E-state index in [4.69, 9.17) is 10.8 Å². The van der Waals surface area contributed by atoms with Crippen LogP contribution in [0, 0.1) is 0 Å². The fourth-order valence-corrected chi connectivity index (χ4v) is 1.26. The van der Waals surface area contributed by atoms with Gasteiger partial charge in [-0.25, -0.2) is 4.39 Å². The van der Waals surface area contributed by atoms with Crippen LogP contribution in [0.2, 0.25) is 0 Å². The molecule has 0 aliphatic rings. The summed E-state index contributed by atoms with van der Waals surface area (Å²) in [5, 5.41) is 9.12. The zero-order valence-electron chi connectivity index (χ0n) is 9.01. The van der Waals surface area contributed by atoms with E-state index in [1.807, 2.05) is 0 Å². The highest BCUT2D eigenvalue weighted by atomic mass is 19.4. The number of halogens is 6. The molecule has 1 unspecified atom stereocenters. The molecule has 3 nitrogen and oxygen atoms in total. The highest BCUT2D eigenvalue weighted by Crippen LogP contribution is 2.46. The predicted octanol–water partition coefficient (Wildman–Crippen LogP) is 2.70. The van der Waals surface area contributed by atoms with Crippen LogP contribution in [0.4, 0.5) is 26.3 Å². The Morgan fingerprint density at radius 2 is 1.74 bits per heavy atom. The van der Waals surface area contributed by atoms with E-state index in [2.05, 4.69) is 0 Å². The van der Waals surface area contributed by atoms with Crippen molar-refractivity contribution in [1.29, 1.82) is 0 Å². The van der Waals surface area contributed by atoms with Crippen LogP contribution in [0.25, 0.3) is 0 Å². The van der Waals surface area contributed by atoms with E-state index in [0.29, 0.717) is 18.2 Å². The number of alkyl halides is 6. The van der Waals surface area contributed by atoms with Gasteiger partial charge in [0.05, 0.1) is 5.56 Å². The summed E-state index contributed by atoms with van der Waals surface area (Å²) in [5.74, 6) is -7.67. The summed E-state index contributed by atoms with van der Waals surface area (Å²) in [6.45, 7) is 0. The van der Waals surface area contributed by atoms with Gasteiger partial charge in [0.25, 0.3) is 5.91 Å². The van der Waals surface area contributed by atoms with E-state index in [0.717, 1.165) is 0 Å². The van der Waals surface area contributed by atoms with Crippen LogP contribution < -0.4 is 5.73 Å².